The van der Waals surface area contributed by atoms with Gasteiger partial charge in [0, 0.05) is 18.3 Å². The molecule has 1 aromatic carbocycles. The Balaban J connectivity index is 1.21. The van der Waals surface area contributed by atoms with E-state index in [4.69, 9.17) is 0 Å². The zero-order valence-electron chi connectivity index (χ0n) is 16.2. The molecule has 7 heteroatoms. The predicted octanol–water partition coefficient (Wildman–Crippen LogP) is 4.95. The number of anilines is 1. The van der Waals surface area contributed by atoms with Crippen molar-refractivity contribution in [1.29, 1.82) is 0 Å². The molecule has 0 radical (unpaired) electrons. The first-order chi connectivity index (χ1) is 13.7. The Morgan fingerprint density at radius 1 is 1.25 bits per heavy atom. The maximum absolute atomic E-state index is 12.2. The average Bonchev–Trinajstić information content (AvgIpc) is 3.29. The van der Waals surface area contributed by atoms with Crippen LogP contribution in [-0.2, 0) is 17.8 Å². The normalized spacial score (nSPS) is 15.9. The molecule has 28 heavy (non-hydrogen) atoms. The number of para-hydroxylation sites is 1. The molecule has 1 aliphatic rings. The maximum Gasteiger partial charge on any atom is 0.226 e. The molecule has 1 aliphatic heterocycles. The van der Waals surface area contributed by atoms with E-state index >= 15 is 0 Å². The van der Waals surface area contributed by atoms with Crippen molar-refractivity contribution in [2.75, 3.05) is 18.4 Å². The number of rotatable bonds is 7. The van der Waals surface area contributed by atoms with E-state index in [9.17, 15) is 4.79 Å². The maximum atomic E-state index is 12.2. The van der Waals surface area contributed by atoms with Crippen molar-refractivity contribution in [1.82, 2.24) is 14.9 Å². The summed E-state index contributed by atoms with van der Waals surface area (Å²) in [6, 6.07) is 8.17. The number of fused-ring (bicyclic) bond motifs is 1. The first-order valence-electron chi connectivity index (χ1n) is 9.97. The molecule has 1 amide bonds. The first-order valence-corrected chi connectivity index (χ1v) is 11.7. The summed E-state index contributed by atoms with van der Waals surface area (Å²) in [4.78, 5) is 23.9. The van der Waals surface area contributed by atoms with Crippen molar-refractivity contribution >= 4 is 43.9 Å². The Labute approximate surface area is 173 Å². The van der Waals surface area contributed by atoms with Crippen LogP contribution in [0.5, 0.6) is 0 Å². The quantitative estimate of drug-likeness (QED) is 0.594. The molecule has 0 bridgehead atoms. The summed E-state index contributed by atoms with van der Waals surface area (Å²) in [5.74, 6) is 0.873. The molecule has 0 unspecified atom stereocenters. The molecule has 1 saturated heterocycles. The molecule has 0 saturated carbocycles. The molecule has 3 heterocycles. The van der Waals surface area contributed by atoms with Crippen molar-refractivity contribution in [3.63, 3.8) is 0 Å². The van der Waals surface area contributed by atoms with Gasteiger partial charge in [-0.1, -0.05) is 19.1 Å². The standard InChI is InChI=1S/C21H26N4OS2/c1-15-9-11-25(12-10-15)13-16-14-27-21(22-16)24-19(26)7-4-8-20-23-17-5-2-3-6-18(17)28-20/h2-3,5-6,14-15H,4,7-13H2,1H3,(H,22,24,26). The second-order valence-corrected chi connectivity index (χ2v) is 9.55. The number of piperidine rings is 1. The highest BCUT2D eigenvalue weighted by molar-refractivity contribution is 7.18. The number of carbonyl (C=O) groups is 1. The Hall–Kier alpha value is -1.83. The molecule has 0 aliphatic carbocycles. The van der Waals surface area contributed by atoms with Gasteiger partial charge in [0.15, 0.2) is 5.13 Å². The SMILES string of the molecule is CC1CCN(Cc2csc(NC(=O)CCCc3nc4ccccc4s3)n2)CC1. The molecule has 5 nitrogen and oxygen atoms in total. The topological polar surface area (TPSA) is 58.1 Å². The lowest BCUT2D eigenvalue weighted by atomic mass is 9.99. The van der Waals surface area contributed by atoms with E-state index in [-0.39, 0.29) is 5.91 Å². The zero-order valence-corrected chi connectivity index (χ0v) is 17.8. The summed E-state index contributed by atoms with van der Waals surface area (Å²) in [5, 5.41) is 6.83. The second-order valence-electron chi connectivity index (χ2n) is 7.58. The lowest BCUT2D eigenvalue weighted by molar-refractivity contribution is -0.116. The van der Waals surface area contributed by atoms with E-state index in [1.165, 1.54) is 28.9 Å². The third-order valence-corrected chi connectivity index (χ3v) is 7.10. The third kappa shape index (κ3) is 5.16. The van der Waals surface area contributed by atoms with Gasteiger partial charge in [0.05, 0.1) is 20.9 Å². The molecule has 3 aromatic rings. The fraction of sp³-hybridized carbons (Fsp3) is 0.476. The Morgan fingerprint density at radius 3 is 2.89 bits per heavy atom. The predicted molar refractivity (Wildman–Crippen MR) is 117 cm³/mol. The van der Waals surface area contributed by atoms with Crippen molar-refractivity contribution in [3.8, 4) is 0 Å². The van der Waals surface area contributed by atoms with E-state index in [0.29, 0.717) is 11.6 Å². The minimum absolute atomic E-state index is 0.0359. The van der Waals surface area contributed by atoms with Crippen LogP contribution in [0.2, 0.25) is 0 Å². The zero-order chi connectivity index (χ0) is 19.3. The molecule has 1 fully saturated rings. The number of hydrogen-bond acceptors (Lipinski definition) is 6. The molecule has 4 rings (SSSR count). The molecule has 1 N–H and O–H groups in total. The van der Waals surface area contributed by atoms with E-state index < -0.39 is 0 Å². The lowest BCUT2D eigenvalue weighted by Gasteiger charge is -2.29. The number of amides is 1. The van der Waals surface area contributed by atoms with Crippen LogP contribution in [0, 0.1) is 5.92 Å². The summed E-state index contributed by atoms with van der Waals surface area (Å²) in [6.07, 6.45) is 4.67. The fourth-order valence-electron chi connectivity index (χ4n) is 3.50. The fourth-order valence-corrected chi connectivity index (χ4v) is 5.22. The van der Waals surface area contributed by atoms with Crippen LogP contribution in [-0.4, -0.2) is 33.9 Å². The van der Waals surface area contributed by atoms with Crippen LogP contribution in [0.25, 0.3) is 10.2 Å². The van der Waals surface area contributed by atoms with Gasteiger partial charge in [-0.05, 0) is 56.8 Å². The van der Waals surface area contributed by atoms with Crippen LogP contribution in [0.1, 0.15) is 43.3 Å². The number of carbonyl (C=O) groups excluding carboxylic acids is 1. The monoisotopic (exact) mass is 414 g/mol. The average molecular weight is 415 g/mol. The Bertz CT molecular complexity index is 894. The first kappa shape index (κ1) is 19.5. The van der Waals surface area contributed by atoms with Gasteiger partial charge >= 0.3 is 0 Å². The van der Waals surface area contributed by atoms with E-state index in [2.05, 4.69) is 38.6 Å². The highest BCUT2D eigenvalue weighted by Gasteiger charge is 2.17. The third-order valence-electron chi connectivity index (χ3n) is 5.19. The van der Waals surface area contributed by atoms with Crippen molar-refractivity contribution in [3.05, 3.63) is 40.3 Å². The minimum Gasteiger partial charge on any atom is -0.302 e. The largest absolute Gasteiger partial charge is 0.302 e. The van der Waals surface area contributed by atoms with E-state index in [0.717, 1.165) is 54.6 Å². The number of aryl methyl sites for hydroxylation is 1. The van der Waals surface area contributed by atoms with E-state index in [1.807, 2.05) is 18.2 Å². The van der Waals surface area contributed by atoms with E-state index in [1.54, 1.807) is 11.3 Å². The summed E-state index contributed by atoms with van der Waals surface area (Å²) >= 11 is 3.23. The highest BCUT2D eigenvalue weighted by atomic mass is 32.1. The lowest BCUT2D eigenvalue weighted by Crippen LogP contribution is -2.32. The number of nitrogens with one attached hydrogen (secondary N) is 1. The van der Waals surface area contributed by atoms with Crippen molar-refractivity contribution in [2.24, 2.45) is 5.92 Å². The molecular weight excluding hydrogens is 388 g/mol. The highest BCUT2D eigenvalue weighted by Crippen LogP contribution is 2.23. The Morgan fingerprint density at radius 2 is 2.07 bits per heavy atom. The van der Waals surface area contributed by atoms with Gasteiger partial charge in [-0.3, -0.25) is 9.69 Å². The number of benzene rings is 1. The van der Waals surface area contributed by atoms with Gasteiger partial charge in [0.25, 0.3) is 0 Å². The van der Waals surface area contributed by atoms with Gasteiger partial charge in [0.1, 0.15) is 0 Å². The van der Waals surface area contributed by atoms with Crippen LogP contribution in [0.15, 0.2) is 29.6 Å². The summed E-state index contributed by atoms with van der Waals surface area (Å²) in [5.41, 5.74) is 2.11. The number of hydrogen-bond donors (Lipinski definition) is 1. The number of nitrogens with zero attached hydrogens (tertiary/aromatic N) is 3. The molecular formula is C21H26N4OS2. The van der Waals surface area contributed by atoms with Gasteiger partial charge in [0.2, 0.25) is 5.91 Å². The van der Waals surface area contributed by atoms with Gasteiger partial charge < -0.3 is 5.32 Å². The smallest absolute Gasteiger partial charge is 0.226 e. The van der Waals surface area contributed by atoms with Crippen LogP contribution >= 0.6 is 22.7 Å². The van der Waals surface area contributed by atoms with Gasteiger partial charge in [-0.2, -0.15) is 0 Å². The second kappa shape index (κ2) is 9.11. The van der Waals surface area contributed by atoms with Crippen LogP contribution in [0.3, 0.4) is 0 Å². The summed E-state index contributed by atoms with van der Waals surface area (Å²) in [6.45, 7) is 5.50. The molecule has 0 atom stereocenters. The summed E-state index contributed by atoms with van der Waals surface area (Å²) in [7, 11) is 0. The van der Waals surface area contributed by atoms with Crippen LogP contribution < -0.4 is 5.32 Å². The molecule has 0 spiro atoms. The number of thiazole rings is 2. The molecule has 148 valence electrons. The number of aromatic nitrogens is 2. The molecule has 2 aromatic heterocycles. The minimum atomic E-state index is 0.0359. The van der Waals surface area contributed by atoms with Crippen molar-refractivity contribution in [2.45, 2.75) is 45.6 Å². The van der Waals surface area contributed by atoms with Crippen LogP contribution in [0.4, 0.5) is 5.13 Å². The summed E-state index contributed by atoms with van der Waals surface area (Å²) < 4.78 is 1.21. The van der Waals surface area contributed by atoms with Gasteiger partial charge in [-0.15, -0.1) is 22.7 Å². The van der Waals surface area contributed by atoms with Crippen molar-refractivity contribution < 1.29 is 4.79 Å². The Kier molecular flexibility index (Phi) is 6.34. The number of likely N-dealkylation sites (tertiary alicyclic amines) is 1. The van der Waals surface area contributed by atoms with Gasteiger partial charge in [-0.25, -0.2) is 9.97 Å².